The second kappa shape index (κ2) is 9.74. The second-order valence-electron chi connectivity index (χ2n) is 7.21. The largest absolute Gasteiger partial charge is 0.497 e. The van der Waals surface area contributed by atoms with Gasteiger partial charge in [0.25, 0.3) is 0 Å². The van der Waals surface area contributed by atoms with Crippen LogP contribution in [0.15, 0.2) is 41.6 Å². The molecular formula is C22H27N5O3S. The van der Waals surface area contributed by atoms with E-state index in [1.807, 2.05) is 6.07 Å². The Hall–Kier alpha value is -3.20. The molecule has 164 valence electrons. The van der Waals surface area contributed by atoms with Crippen molar-refractivity contribution in [3.05, 3.63) is 53.1 Å². The molecule has 0 saturated heterocycles. The van der Waals surface area contributed by atoms with Gasteiger partial charge in [0.05, 0.1) is 25.5 Å². The number of carbonyl (C=O) groups is 1. The van der Waals surface area contributed by atoms with Crippen molar-refractivity contribution in [2.75, 3.05) is 32.9 Å². The Morgan fingerprint density at radius 2 is 1.90 bits per heavy atom. The highest BCUT2D eigenvalue weighted by molar-refractivity contribution is 7.99. The van der Waals surface area contributed by atoms with Crippen molar-refractivity contribution < 1.29 is 14.3 Å². The Labute approximate surface area is 186 Å². The highest BCUT2D eigenvalue weighted by Crippen LogP contribution is 2.33. The fraction of sp³-hybridized carbons (Fsp3) is 0.318. The summed E-state index contributed by atoms with van der Waals surface area (Å²) in [5.74, 6) is 8.07. The van der Waals surface area contributed by atoms with Gasteiger partial charge in [-0.1, -0.05) is 35.5 Å². The van der Waals surface area contributed by atoms with Crippen LogP contribution in [-0.2, 0) is 11.3 Å². The van der Waals surface area contributed by atoms with Gasteiger partial charge in [-0.3, -0.25) is 4.79 Å². The molecule has 1 amide bonds. The number of nitrogen functional groups attached to an aromatic ring is 1. The van der Waals surface area contributed by atoms with E-state index in [9.17, 15) is 4.79 Å². The van der Waals surface area contributed by atoms with E-state index in [1.165, 1.54) is 27.6 Å². The third-order valence-corrected chi connectivity index (χ3v) is 5.90. The average molecular weight is 442 g/mol. The molecule has 31 heavy (non-hydrogen) atoms. The smallest absolute Gasteiger partial charge is 0.233 e. The van der Waals surface area contributed by atoms with Crippen molar-refractivity contribution in [1.29, 1.82) is 0 Å². The number of aryl methyl sites for hydroxylation is 2. The van der Waals surface area contributed by atoms with Gasteiger partial charge in [-0.2, -0.15) is 0 Å². The topological polar surface area (TPSA) is 95.5 Å². The van der Waals surface area contributed by atoms with Crippen molar-refractivity contribution in [2.45, 2.75) is 25.5 Å². The summed E-state index contributed by atoms with van der Waals surface area (Å²) in [4.78, 5) is 14.3. The van der Waals surface area contributed by atoms with Crippen molar-refractivity contribution in [3.8, 4) is 22.9 Å². The Bertz CT molecular complexity index is 1080. The summed E-state index contributed by atoms with van der Waals surface area (Å²) in [7, 11) is 4.95. The molecule has 3 rings (SSSR count). The van der Waals surface area contributed by atoms with Gasteiger partial charge in [-0.05, 0) is 37.1 Å². The van der Waals surface area contributed by atoms with Gasteiger partial charge in [0.1, 0.15) is 11.5 Å². The Kier molecular flexibility index (Phi) is 7.06. The predicted molar refractivity (Wildman–Crippen MR) is 122 cm³/mol. The first-order valence-corrected chi connectivity index (χ1v) is 10.7. The maximum Gasteiger partial charge on any atom is 0.233 e. The average Bonchev–Trinajstić information content (AvgIpc) is 3.13. The van der Waals surface area contributed by atoms with Gasteiger partial charge in [0.2, 0.25) is 11.1 Å². The molecule has 0 aliphatic heterocycles. The lowest BCUT2D eigenvalue weighted by atomic mass is 10.1. The summed E-state index contributed by atoms with van der Waals surface area (Å²) in [5.41, 5.74) is 4.19. The number of amides is 1. The Morgan fingerprint density at radius 3 is 2.58 bits per heavy atom. The highest BCUT2D eigenvalue weighted by Gasteiger charge is 2.19. The number of ether oxygens (including phenoxy) is 2. The van der Waals surface area contributed by atoms with Gasteiger partial charge in [-0.15, -0.1) is 10.2 Å². The van der Waals surface area contributed by atoms with Crippen molar-refractivity contribution >= 4 is 17.7 Å². The van der Waals surface area contributed by atoms with E-state index >= 15 is 0 Å². The van der Waals surface area contributed by atoms with Crippen molar-refractivity contribution in [2.24, 2.45) is 0 Å². The van der Waals surface area contributed by atoms with Crippen molar-refractivity contribution in [1.82, 2.24) is 19.8 Å². The molecule has 0 atom stereocenters. The zero-order valence-corrected chi connectivity index (χ0v) is 19.2. The van der Waals surface area contributed by atoms with Crippen molar-refractivity contribution in [3.63, 3.8) is 0 Å². The summed E-state index contributed by atoms with van der Waals surface area (Å²) in [5, 5.41) is 8.77. The van der Waals surface area contributed by atoms with Gasteiger partial charge in [0.15, 0.2) is 5.82 Å². The van der Waals surface area contributed by atoms with Crippen LogP contribution in [0.1, 0.15) is 16.7 Å². The summed E-state index contributed by atoms with van der Waals surface area (Å²) in [6.07, 6.45) is 0. The number of nitrogens with zero attached hydrogens (tertiary/aromatic N) is 4. The zero-order valence-electron chi connectivity index (χ0n) is 18.4. The summed E-state index contributed by atoms with van der Waals surface area (Å²) in [6, 6.07) is 11.6. The Balaban J connectivity index is 1.68. The predicted octanol–water partition coefficient (Wildman–Crippen LogP) is 3.04. The van der Waals surface area contributed by atoms with Gasteiger partial charge in [-0.25, -0.2) is 4.68 Å². The number of nitrogens with two attached hydrogens (primary N) is 1. The molecule has 0 aliphatic carbocycles. The summed E-state index contributed by atoms with van der Waals surface area (Å²) < 4.78 is 12.0. The summed E-state index contributed by atoms with van der Waals surface area (Å²) >= 11 is 1.24. The van der Waals surface area contributed by atoms with Crippen LogP contribution in [0.5, 0.6) is 11.5 Å². The molecule has 1 heterocycles. The van der Waals surface area contributed by atoms with Crippen LogP contribution >= 0.6 is 11.8 Å². The number of methoxy groups -OCH3 is 2. The molecular weight excluding hydrogens is 414 g/mol. The molecule has 3 aromatic rings. The maximum absolute atomic E-state index is 12.6. The van der Waals surface area contributed by atoms with Gasteiger partial charge in [0, 0.05) is 19.7 Å². The van der Waals surface area contributed by atoms with Crippen LogP contribution in [0.3, 0.4) is 0 Å². The normalized spacial score (nSPS) is 10.7. The molecule has 0 fully saturated rings. The Morgan fingerprint density at radius 1 is 1.13 bits per heavy atom. The van der Waals surface area contributed by atoms with Crippen LogP contribution in [0.25, 0.3) is 11.4 Å². The fourth-order valence-corrected chi connectivity index (χ4v) is 3.94. The number of thioether (sulfide) groups is 1. The van der Waals surface area contributed by atoms with Crippen LogP contribution in [-0.4, -0.2) is 52.7 Å². The lowest BCUT2D eigenvalue weighted by Gasteiger charge is -2.18. The molecule has 9 heteroatoms. The first-order valence-electron chi connectivity index (χ1n) is 9.69. The minimum atomic E-state index is -0.0171. The molecule has 0 spiro atoms. The molecule has 2 aromatic carbocycles. The monoisotopic (exact) mass is 441 g/mol. The highest BCUT2D eigenvalue weighted by atomic mass is 32.2. The van der Waals surface area contributed by atoms with E-state index in [2.05, 4.69) is 42.2 Å². The first-order chi connectivity index (χ1) is 14.8. The molecule has 0 aliphatic rings. The molecule has 1 aromatic heterocycles. The van der Waals surface area contributed by atoms with E-state index < -0.39 is 0 Å². The molecule has 8 nitrogen and oxygen atoms in total. The third kappa shape index (κ3) is 5.11. The number of rotatable bonds is 8. The van der Waals surface area contributed by atoms with Crippen LogP contribution < -0.4 is 15.3 Å². The number of benzene rings is 2. The molecule has 0 radical (unpaired) electrons. The third-order valence-electron chi connectivity index (χ3n) is 4.97. The number of carbonyl (C=O) groups excluding carboxylic acids is 1. The summed E-state index contributed by atoms with van der Waals surface area (Å²) in [6.45, 7) is 4.66. The van der Waals surface area contributed by atoms with E-state index in [0.717, 1.165) is 5.56 Å². The fourth-order valence-electron chi connectivity index (χ4n) is 3.15. The molecule has 0 unspecified atom stereocenters. The van der Waals surface area contributed by atoms with Crippen LogP contribution in [0.2, 0.25) is 0 Å². The molecule has 0 bridgehead atoms. The maximum atomic E-state index is 12.6. The number of hydrogen-bond acceptors (Lipinski definition) is 7. The standard InChI is InChI=1S/C22H27N5O3S/c1-14-6-7-16(15(2)10-14)12-26(3)20(28)13-31-22-25-24-21(27(22)23)18-9-8-17(29-4)11-19(18)30-5/h6-11H,12-13,23H2,1-5H3. The van der Waals surface area contributed by atoms with E-state index in [-0.39, 0.29) is 11.7 Å². The lowest BCUT2D eigenvalue weighted by Crippen LogP contribution is -2.28. The van der Waals surface area contributed by atoms with Gasteiger partial charge >= 0.3 is 0 Å². The minimum Gasteiger partial charge on any atom is -0.497 e. The SMILES string of the molecule is COc1ccc(-c2nnc(SCC(=O)N(C)Cc3ccc(C)cc3C)n2N)c(OC)c1. The first kappa shape index (κ1) is 22.5. The van der Waals surface area contributed by atoms with E-state index in [4.69, 9.17) is 15.3 Å². The molecule has 0 saturated carbocycles. The van der Waals surface area contributed by atoms with Crippen LogP contribution in [0, 0.1) is 13.8 Å². The number of hydrogen-bond donors (Lipinski definition) is 1. The number of aromatic nitrogens is 3. The van der Waals surface area contributed by atoms with E-state index in [0.29, 0.717) is 34.6 Å². The quantitative estimate of drug-likeness (QED) is 0.424. The minimum absolute atomic E-state index is 0.0171. The van der Waals surface area contributed by atoms with E-state index in [1.54, 1.807) is 38.3 Å². The second-order valence-corrected chi connectivity index (χ2v) is 8.15. The van der Waals surface area contributed by atoms with Gasteiger partial charge < -0.3 is 20.2 Å². The van der Waals surface area contributed by atoms with Crippen LogP contribution in [0.4, 0.5) is 0 Å². The lowest BCUT2D eigenvalue weighted by molar-refractivity contribution is -0.127. The molecule has 2 N–H and O–H groups in total. The zero-order chi connectivity index (χ0) is 22.5.